The van der Waals surface area contributed by atoms with Crippen LogP contribution in [0.15, 0.2) is 61.1 Å². The molecule has 9 heteroatoms. The molecule has 0 saturated carbocycles. The molecule has 0 fully saturated rings. The molecule has 2 aromatic carbocycles. The van der Waals surface area contributed by atoms with E-state index in [1.54, 1.807) is 11.9 Å². The maximum atomic E-state index is 13.6. The summed E-state index contributed by atoms with van der Waals surface area (Å²) in [5.74, 6) is 0.689. The number of hydrogen-bond donors (Lipinski definition) is 3. The van der Waals surface area contributed by atoms with Gasteiger partial charge in [0, 0.05) is 55.6 Å². The molecular weight excluding hydrogens is 496 g/mol. The van der Waals surface area contributed by atoms with E-state index in [-0.39, 0.29) is 5.91 Å². The van der Waals surface area contributed by atoms with E-state index in [4.69, 9.17) is 0 Å². The lowest BCUT2D eigenvalue weighted by Gasteiger charge is -2.27. The first-order valence-corrected chi connectivity index (χ1v) is 14.2. The number of aliphatic hydroxyl groups is 1. The molecule has 4 aromatic rings. The fourth-order valence-electron chi connectivity index (χ4n) is 5.04. The highest BCUT2D eigenvalue weighted by Gasteiger charge is 2.26. The second kappa shape index (κ2) is 11.6. The van der Waals surface area contributed by atoms with Crippen LogP contribution in [0.1, 0.15) is 40.9 Å². The average molecular weight is 533 g/mol. The molecule has 0 saturated heterocycles. The monoisotopic (exact) mass is 532 g/mol. The summed E-state index contributed by atoms with van der Waals surface area (Å²) in [6, 6.07) is 13.5. The SMILES string of the molecule is CCc1cn2c3c(cc(C(=O)N[C@@H](Cc4ccccc4)[C@H](O)CNCc4cnn(CC)c4)cc13)N(C)SC2. The molecule has 3 heterocycles. The molecule has 1 aliphatic heterocycles. The van der Waals surface area contributed by atoms with Gasteiger partial charge in [-0.2, -0.15) is 5.10 Å². The number of carbonyl (C=O) groups is 1. The number of amides is 1. The highest BCUT2D eigenvalue weighted by Crippen LogP contribution is 2.39. The number of aliphatic hydroxyl groups excluding tert-OH is 1. The number of benzene rings is 2. The minimum atomic E-state index is -0.770. The maximum absolute atomic E-state index is 13.6. The van der Waals surface area contributed by atoms with Gasteiger partial charge in [0.05, 0.1) is 35.4 Å². The van der Waals surface area contributed by atoms with Crippen LogP contribution in [0.3, 0.4) is 0 Å². The van der Waals surface area contributed by atoms with E-state index in [2.05, 4.69) is 37.7 Å². The molecule has 8 nitrogen and oxygen atoms in total. The second-order valence-electron chi connectivity index (χ2n) is 9.80. The van der Waals surface area contributed by atoms with Crippen LogP contribution in [0.4, 0.5) is 5.69 Å². The third-order valence-corrected chi connectivity index (χ3v) is 8.16. The smallest absolute Gasteiger partial charge is 0.251 e. The summed E-state index contributed by atoms with van der Waals surface area (Å²) >= 11 is 1.72. The molecule has 0 unspecified atom stereocenters. The van der Waals surface area contributed by atoms with Crippen molar-refractivity contribution in [2.24, 2.45) is 0 Å². The minimum absolute atomic E-state index is 0.175. The third kappa shape index (κ3) is 5.60. The van der Waals surface area contributed by atoms with Crippen LogP contribution in [0, 0.1) is 0 Å². The Kier molecular flexibility index (Phi) is 8.06. The van der Waals surface area contributed by atoms with Crippen LogP contribution in [-0.2, 0) is 31.8 Å². The van der Waals surface area contributed by atoms with Gasteiger partial charge in [0.2, 0.25) is 0 Å². The highest BCUT2D eigenvalue weighted by molar-refractivity contribution is 7.99. The second-order valence-corrected chi connectivity index (χ2v) is 10.9. The van der Waals surface area contributed by atoms with E-state index in [0.29, 0.717) is 25.1 Å². The number of aryl methyl sites for hydroxylation is 2. The molecule has 200 valence electrons. The Morgan fingerprint density at radius 3 is 2.71 bits per heavy atom. The fraction of sp³-hybridized carbons (Fsp3) is 0.379. The molecule has 0 radical (unpaired) electrons. The van der Waals surface area contributed by atoms with E-state index in [1.165, 1.54) is 11.1 Å². The highest BCUT2D eigenvalue weighted by atomic mass is 32.2. The Morgan fingerprint density at radius 1 is 1.16 bits per heavy atom. The van der Waals surface area contributed by atoms with E-state index in [0.717, 1.165) is 41.0 Å². The van der Waals surface area contributed by atoms with Crippen molar-refractivity contribution < 1.29 is 9.90 Å². The number of aromatic nitrogens is 3. The average Bonchev–Trinajstić information content (AvgIpc) is 3.55. The van der Waals surface area contributed by atoms with Crippen molar-refractivity contribution in [3.63, 3.8) is 0 Å². The van der Waals surface area contributed by atoms with Gasteiger partial charge in [0.1, 0.15) is 0 Å². The van der Waals surface area contributed by atoms with Crippen molar-refractivity contribution in [1.29, 1.82) is 0 Å². The molecule has 1 aliphatic rings. The molecule has 3 N–H and O–H groups in total. The predicted molar refractivity (Wildman–Crippen MR) is 154 cm³/mol. The molecule has 1 amide bonds. The number of hydrogen-bond acceptors (Lipinski definition) is 6. The lowest BCUT2D eigenvalue weighted by atomic mass is 9.99. The summed E-state index contributed by atoms with van der Waals surface area (Å²) < 4.78 is 6.29. The van der Waals surface area contributed by atoms with E-state index in [1.807, 2.05) is 73.5 Å². The molecular formula is C29H36N6O2S. The van der Waals surface area contributed by atoms with Gasteiger partial charge in [0.15, 0.2) is 0 Å². The Hall–Kier alpha value is -3.27. The summed E-state index contributed by atoms with van der Waals surface area (Å²) in [5, 5.41) is 23.1. The Labute approximate surface area is 228 Å². The van der Waals surface area contributed by atoms with Gasteiger partial charge in [-0.15, -0.1) is 0 Å². The van der Waals surface area contributed by atoms with Gasteiger partial charge in [0.25, 0.3) is 5.91 Å². The first-order chi connectivity index (χ1) is 18.5. The van der Waals surface area contributed by atoms with Gasteiger partial charge >= 0.3 is 0 Å². The van der Waals surface area contributed by atoms with Crippen LogP contribution in [0.2, 0.25) is 0 Å². The van der Waals surface area contributed by atoms with Crippen molar-refractivity contribution in [1.82, 2.24) is 25.0 Å². The van der Waals surface area contributed by atoms with Crippen LogP contribution in [0.25, 0.3) is 10.9 Å². The topological polar surface area (TPSA) is 87.4 Å². The maximum Gasteiger partial charge on any atom is 0.251 e. The molecule has 2 atom stereocenters. The van der Waals surface area contributed by atoms with Gasteiger partial charge in [-0.05, 0) is 55.0 Å². The van der Waals surface area contributed by atoms with Crippen LogP contribution >= 0.6 is 11.9 Å². The molecule has 2 aromatic heterocycles. The predicted octanol–water partition coefficient (Wildman–Crippen LogP) is 3.97. The lowest BCUT2D eigenvalue weighted by Crippen LogP contribution is -2.48. The lowest BCUT2D eigenvalue weighted by molar-refractivity contribution is 0.0830. The minimum Gasteiger partial charge on any atom is -0.390 e. The number of carbonyl (C=O) groups excluding carboxylic acids is 1. The van der Waals surface area contributed by atoms with Crippen molar-refractivity contribution in [3.8, 4) is 0 Å². The van der Waals surface area contributed by atoms with E-state index in [9.17, 15) is 9.90 Å². The summed E-state index contributed by atoms with van der Waals surface area (Å²) in [7, 11) is 2.04. The van der Waals surface area contributed by atoms with Crippen molar-refractivity contribution in [3.05, 3.63) is 83.3 Å². The summed E-state index contributed by atoms with van der Waals surface area (Å²) in [5.41, 5.74) is 6.19. The normalized spacial score (nSPS) is 14.6. The zero-order valence-electron chi connectivity index (χ0n) is 22.2. The number of rotatable bonds is 11. The van der Waals surface area contributed by atoms with E-state index < -0.39 is 12.1 Å². The van der Waals surface area contributed by atoms with Crippen LogP contribution in [0.5, 0.6) is 0 Å². The van der Waals surface area contributed by atoms with Gasteiger partial charge in [-0.3, -0.25) is 9.48 Å². The third-order valence-electron chi connectivity index (χ3n) is 7.18. The first-order valence-electron chi connectivity index (χ1n) is 13.2. The van der Waals surface area contributed by atoms with Gasteiger partial charge in [-0.25, -0.2) is 0 Å². The molecule has 38 heavy (non-hydrogen) atoms. The largest absolute Gasteiger partial charge is 0.390 e. The number of anilines is 1. The quantitative estimate of drug-likeness (QED) is 0.254. The summed E-state index contributed by atoms with van der Waals surface area (Å²) in [6.07, 6.45) is 6.70. The zero-order valence-corrected chi connectivity index (χ0v) is 23.0. The first kappa shape index (κ1) is 26.3. The standard InChI is InChI=1S/C29H36N6O2S/c1-4-22-18-34-19-38-33(3)26-13-23(12-24(22)28(26)34)29(37)32-25(11-20-9-7-6-8-10-20)27(36)16-30-14-21-15-31-35(5-2)17-21/h6-10,12-13,15,17-18,25,27,30,36H,4-5,11,14,16,19H2,1-3H3,(H,32,37)/t25-,27+/m0/s1. The van der Waals surface area contributed by atoms with Crippen molar-refractivity contribution >= 4 is 34.4 Å². The van der Waals surface area contributed by atoms with Crippen molar-refractivity contribution in [2.75, 3.05) is 17.9 Å². The Morgan fingerprint density at radius 2 is 1.97 bits per heavy atom. The molecule has 0 aliphatic carbocycles. The number of nitrogens with zero attached hydrogens (tertiary/aromatic N) is 4. The van der Waals surface area contributed by atoms with Crippen molar-refractivity contribution in [2.45, 2.75) is 57.8 Å². The molecule has 0 bridgehead atoms. The van der Waals surface area contributed by atoms with Crippen LogP contribution in [-0.4, -0.2) is 51.1 Å². The van der Waals surface area contributed by atoms with Crippen LogP contribution < -0.4 is 14.9 Å². The van der Waals surface area contributed by atoms with Gasteiger partial charge < -0.3 is 24.6 Å². The fourth-order valence-corrected chi connectivity index (χ4v) is 5.82. The van der Waals surface area contributed by atoms with E-state index >= 15 is 0 Å². The number of nitrogens with one attached hydrogen (secondary N) is 2. The Balaban J connectivity index is 1.35. The van der Waals surface area contributed by atoms with Gasteiger partial charge in [-0.1, -0.05) is 37.3 Å². The summed E-state index contributed by atoms with van der Waals surface area (Å²) in [6.45, 7) is 5.96. The zero-order chi connectivity index (χ0) is 26.6. The summed E-state index contributed by atoms with van der Waals surface area (Å²) in [4.78, 5) is 13.6. The molecule has 0 spiro atoms. The Bertz CT molecular complexity index is 1400. The molecule has 5 rings (SSSR count).